The molecule has 0 saturated carbocycles. The van der Waals surface area contributed by atoms with Gasteiger partial charge >= 0.3 is 5.97 Å². The molecule has 0 fully saturated rings. The smallest absolute Gasteiger partial charge is 0.306 e. The van der Waals surface area contributed by atoms with Crippen molar-refractivity contribution in [3.05, 3.63) is 30.1 Å². The minimum absolute atomic E-state index is 0.258. The number of carbonyl (C=O) groups is 1. The number of carboxylic acid groups (broad SMARTS) is 1. The molecule has 0 aliphatic carbocycles. The number of aromatic amines is 1. The summed E-state index contributed by atoms with van der Waals surface area (Å²) >= 11 is 0. The molecule has 0 radical (unpaired) electrons. The number of carboxylic acids is 1. The fraction of sp³-hybridized carbons (Fsp3) is 0.364. The molecule has 0 saturated heterocycles. The van der Waals surface area contributed by atoms with Crippen molar-refractivity contribution < 1.29 is 9.90 Å². The highest BCUT2D eigenvalue weighted by atomic mass is 16.4. The van der Waals surface area contributed by atoms with Crippen LogP contribution in [0.3, 0.4) is 0 Å². The first kappa shape index (κ1) is 10.6. The first-order valence-corrected chi connectivity index (χ1v) is 4.72. The van der Waals surface area contributed by atoms with Crippen LogP contribution in [0.25, 0.3) is 6.08 Å². The van der Waals surface area contributed by atoms with Crippen LogP contribution in [0.2, 0.25) is 0 Å². The molecule has 1 aromatic rings. The lowest BCUT2D eigenvalue weighted by atomic mass is 10.1. The summed E-state index contributed by atoms with van der Waals surface area (Å²) in [5, 5.41) is 8.64. The van der Waals surface area contributed by atoms with Gasteiger partial charge in [-0.15, -0.1) is 0 Å². The van der Waals surface area contributed by atoms with Crippen molar-refractivity contribution >= 4 is 12.0 Å². The third-order valence-electron chi connectivity index (χ3n) is 2.12. The second kappa shape index (κ2) is 5.27. The molecule has 14 heavy (non-hydrogen) atoms. The maximum Gasteiger partial charge on any atom is 0.306 e. The van der Waals surface area contributed by atoms with E-state index in [4.69, 9.17) is 5.11 Å². The van der Waals surface area contributed by atoms with E-state index in [-0.39, 0.29) is 5.92 Å². The monoisotopic (exact) mass is 193 g/mol. The molecule has 2 N–H and O–H groups in total. The lowest BCUT2D eigenvalue weighted by molar-refractivity contribution is -0.141. The average molecular weight is 193 g/mol. The van der Waals surface area contributed by atoms with Crippen LogP contribution < -0.4 is 0 Å². The van der Waals surface area contributed by atoms with Crippen LogP contribution in [0, 0.1) is 5.92 Å². The van der Waals surface area contributed by atoms with E-state index < -0.39 is 5.97 Å². The summed E-state index contributed by atoms with van der Waals surface area (Å²) in [6, 6.07) is 1.97. The van der Waals surface area contributed by atoms with Gasteiger partial charge in [0.1, 0.15) is 0 Å². The van der Waals surface area contributed by atoms with E-state index in [0.717, 1.165) is 12.0 Å². The Morgan fingerprint density at radius 1 is 1.71 bits per heavy atom. The maximum atomic E-state index is 10.5. The molecule has 0 spiro atoms. The van der Waals surface area contributed by atoms with Gasteiger partial charge in [-0.05, 0) is 24.5 Å². The van der Waals surface area contributed by atoms with E-state index >= 15 is 0 Å². The number of aliphatic carboxylic acids is 1. The van der Waals surface area contributed by atoms with E-state index in [2.05, 4.69) is 4.98 Å². The molecule has 3 nitrogen and oxygen atoms in total. The van der Waals surface area contributed by atoms with E-state index in [1.807, 2.05) is 30.6 Å². The fourth-order valence-corrected chi connectivity index (χ4v) is 1.13. The predicted molar refractivity (Wildman–Crippen MR) is 55.9 cm³/mol. The summed E-state index contributed by atoms with van der Waals surface area (Å²) in [7, 11) is 0. The second-order valence-corrected chi connectivity index (χ2v) is 3.36. The van der Waals surface area contributed by atoms with E-state index in [9.17, 15) is 4.79 Å². The zero-order chi connectivity index (χ0) is 10.4. The Bertz CT molecular complexity index is 301. The highest BCUT2D eigenvalue weighted by molar-refractivity contribution is 5.69. The van der Waals surface area contributed by atoms with Gasteiger partial charge in [0, 0.05) is 12.4 Å². The zero-order valence-corrected chi connectivity index (χ0v) is 8.23. The Hall–Kier alpha value is -1.51. The van der Waals surface area contributed by atoms with Crippen molar-refractivity contribution in [1.29, 1.82) is 0 Å². The Labute approximate surface area is 83.5 Å². The molecule has 1 aromatic heterocycles. The average Bonchev–Trinajstić information content (AvgIpc) is 2.64. The molecule has 1 rings (SSSR count). The summed E-state index contributed by atoms with van der Waals surface area (Å²) in [5.74, 6) is -0.981. The van der Waals surface area contributed by atoms with Gasteiger partial charge in [0.25, 0.3) is 0 Å². The number of allylic oxidation sites excluding steroid dienone is 1. The Morgan fingerprint density at radius 3 is 3.07 bits per heavy atom. The highest BCUT2D eigenvalue weighted by Crippen LogP contribution is 2.08. The van der Waals surface area contributed by atoms with E-state index in [1.54, 1.807) is 6.92 Å². The molecular formula is C11H15NO2. The molecule has 0 aliphatic heterocycles. The van der Waals surface area contributed by atoms with Crippen molar-refractivity contribution in [2.45, 2.75) is 19.8 Å². The van der Waals surface area contributed by atoms with Crippen LogP contribution in [0.5, 0.6) is 0 Å². The Kier molecular flexibility index (Phi) is 3.98. The molecule has 0 amide bonds. The molecule has 1 atom stereocenters. The second-order valence-electron chi connectivity index (χ2n) is 3.36. The topological polar surface area (TPSA) is 53.1 Å². The lowest BCUT2D eigenvalue weighted by Gasteiger charge is -2.01. The molecular weight excluding hydrogens is 178 g/mol. The van der Waals surface area contributed by atoms with Crippen LogP contribution in [0.4, 0.5) is 0 Å². The van der Waals surface area contributed by atoms with Crippen LogP contribution in [0.15, 0.2) is 24.5 Å². The van der Waals surface area contributed by atoms with Crippen molar-refractivity contribution in [1.82, 2.24) is 4.98 Å². The van der Waals surface area contributed by atoms with Crippen molar-refractivity contribution in [2.24, 2.45) is 5.92 Å². The van der Waals surface area contributed by atoms with Gasteiger partial charge in [0.15, 0.2) is 0 Å². The third-order valence-corrected chi connectivity index (χ3v) is 2.12. The Morgan fingerprint density at radius 2 is 2.50 bits per heavy atom. The van der Waals surface area contributed by atoms with Crippen LogP contribution >= 0.6 is 0 Å². The SMILES string of the molecule is CC(CC/C=C/c1cc[nH]c1)C(=O)O. The molecule has 3 heteroatoms. The van der Waals surface area contributed by atoms with Gasteiger partial charge in [-0.25, -0.2) is 0 Å². The normalized spacial score (nSPS) is 13.2. The number of hydrogen-bond donors (Lipinski definition) is 2. The third kappa shape index (κ3) is 3.47. The standard InChI is InChI=1S/C11H15NO2/c1-9(11(13)14)4-2-3-5-10-6-7-12-8-10/h3,5-9,12H,2,4H2,1H3,(H,13,14)/b5-3+. The zero-order valence-electron chi connectivity index (χ0n) is 8.23. The van der Waals surface area contributed by atoms with Gasteiger partial charge in [0.05, 0.1) is 5.92 Å². The number of aromatic nitrogens is 1. The predicted octanol–water partition coefficient (Wildman–Crippen LogP) is 2.53. The van der Waals surface area contributed by atoms with Crippen LogP contribution in [-0.2, 0) is 4.79 Å². The van der Waals surface area contributed by atoms with Gasteiger partial charge in [-0.1, -0.05) is 19.1 Å². The number of hydrogen-bond acceptors (Lipinski definition) is 1. The van der Waals surface area contributed by atoms with Crippen molar-refractivity contribution in [3.63, 3.8) is 0 Å². The summed E-state index contributed by atoms with van der Waals surface area (Å²) in [6.45, 7) is 1.73. The quantitative estimate of drug-likeness (QED) is 0.755. The van der Waals surface area contributed by atoms with Gasteiger partial charge < -0.3 is 10.1 Å². The van der Waals surface area contributed by atoms with Gasteiger partial charge in [-0.3, -0.25) is 4.79 Å². The van der Waals surface area contributed by atoms with Gasteiger partial charge in [-0.2, -0.15) is 0 Å². The van der Waals surface area contributed by atoms with Gasteiger partial charge in [0.2, 0.25) is 0 Å². The summed E-state index contributed by atoms with van der Waals surface area (Å²) < 4.78 is 0. The summed E-state index contributed by atoms with van der Waals surface area (Å²) in [5.41, 5.74) is 1.12. The first-order chi connectivity index (χ1) is 6.70. The van der Waals surface area contributed by atoms with E-state index in [1.165, 1.54) is 0 Å². The minimum Gasteiger partial charge on any atom is -0.481 e. The fourth-order valence-electron chi connectivity index (χ4n) is 1.13. The maximum absolute atomic E-state index is 10.5. The molecule has 0 bridgehead atoms. The molecule has 1 unspecified atom stereocenters. The Balaban J connectivity index is 2.25. The minimum atomic E-state index is -0.722. The summed E-state index contributed by atoms with van der Waals surface area (Å²) in [6.07, 6.45) is 9.25. The molecule has 0 aromatic carbocycles. The highest BCUT2D eigenvalue weighted by Gasteiger charge is 2.08. The van der Waals surface area contributed by atoms with Crippen molar-refractivity contribution in [3.8, 4) is 0 Å². The number of H-pyrrole nitrogens is 1. The molecule has 1 heterocycles. The number of nitrogens with one attached hydrogen (secondary N) is 1. The van der Waals surface area contributed by atoms with Crippen LogP contribution in [0.1, 0.15) is 25.3 Å². The largest absolute Gasteiger partial charge is 0.481 e. The molecule has 76 valence electrons. The number of rotatable bonds is 5. The van der Waals surface area contributed by atoms with Crippen LogP contribution in [-0.4, -0.2) is 16.1 Å². The summed E-state index contributed by atoms with van der Waals surface area (Å²) in [4.78, 5) is 13.4. The van der Waals surface area contributed by atoms with E-state index in [0.29, 0.717) is 6.42 Å². The molecule has 0 aliphatic rings. The first-order valence-electron chi connectivity index (χ1n) is 4.72. The van der Waals surface area contributed by atoms with Crippen molar-refractivity contribution in [2.75, 3.05) is 0 Å². The lowest BCUT2D eigenvalue weighted by Crippen LogP contribution is -2.08.